The molecule has 0 aliphatic carbocycles. The van der Waals surface area contributed by atoms with E-state index in [0.29, 0.717) is 40.4 Å². The van der Waals surface area contributed by atoms with Crippen molar-refractivity contribution in [2.75, 3.05) is 13.7 Å². The van der Waals surface area contributed by atoms with Crippen LogP contribution >= 0.6 is 0 Å². The van der Waals surface area contributed by atoms with Gasteiger partial charge in [0.1, 0.15) is 17.9 Å². The van der Waals surface area contributed by atoms with Gasteiger partial charge in [0, 0.05) is 0 Å². The van der Waals surface area contributed by atoms with Gasteiger partial charge >= 0.3 is 11.6 Å². The normalized spacial score (nSPS) is 16.4. The third-order valence-corrected chi connectivity index (χ3v) is 5.96. The van der Waals surface area contributed by atoms with Crippen LogP contribution in [0.25, 0.3) is 11.0 Å². The highest BCUT2D eigenvalue weighted by molar-refractivity contribution is 5.88. The lowest BCUT2D eigenvalue weighted by atomic mass is 9.88. The Morgan fingerprint density at radius 3 is 2.51 bits per heavy atom. The molecule has 0 spiro atoms. The molecule has 5 rings (SSSR count). The van der Waals surface area contributed by atoms with E-state index in [1.807, 2.05) is 36.4 Å². The molecular formula is C28H24O7. The smallest absolute Gasteiger partial charge is 0.348 e. The van der Waals surface area contributed by atoms with Crippen LogP contribution in [0.5, 0.6) is 17.2 Å². The van der Waals surface area contributed by atoms with E-state index >= 15 is 0 Å². The number of hydrogen-bond acceptors (Lipinski definition) is 7. The Morgan fingerprint density at radius 1 is 0.971 bits per heavy atom. The van der Waals surface area contributed by atoms with Crippen molar-refractivity contribution in [2.24, 2.45) is 0 Å². The maximum Gasteiger partial charge on any atom is 0.348 e. The zero-order chi connectivity index (χ0) is 24.4. The molecule has 0 bridgehead atoms. The zero-order valence-electron chi connectivity index (χ0n) is 19.4. The SMILES string of the molecule is CCOC(=O)[C@H]1Oc2c(c(=O)oc3ccccc23)[C@H]1c1ccc(OCc2ccccc2)c(OC)c1. The molecule has 1 aromatic heterocycles. The molecular weight excluding hydrogens is 448 g/mol. The van der Waals surface area contributed by atoms with Gasteiger partial charge < -0.3 is 23.4 Å². The van der Waals surface area contributed by atoms with Crippen molar-refractivity contribution in [3.63, 3.8) is 0 Å². The number of ether oxygens (including phenoxy) is 4. The minimum Gasteiger partial charge on any atom is -0.493 e. The molecule has 7 nitrogen and oxygen atoms in total. The van der Waals surface area contributed by atoms with Crippen molar-refractivity contribution >= 4 is 16.9 Å². The fourth-order valence-electron chi connectivity index (χ4n) is 4.36. The van der Waals surface area contributed by atoms with Crippen LogP contribution in [0.1, 0.15) is 29.5 Å². The summed E-state index contributed by atoms with van der Waals surface area (Å²) in [6.45, 7) is 2.28. The highest BCUT2D eigenvalue weighted by Gasteiger charge is 2.45. The lowest BCUT2D eigenvalue weighted by Crippen LogP contribution is -2.32. The van der Waals surface area contributed by atoms with Crippen molar-refractivity contribution in [2.45, 2.75) is 25.6 Å². The van der Waals surface area contributed by atoms with Gasteiger partial charge in [-0.05, 0) is 42.3 Å². The highest BCUT2D eigenvalue weighted by atomic mass is 16.6. The van der Waals surface area contributed by atoms with E-state index in [0.717, 1.165) is 5.56 Å². The molecule has 35 heavy (non-hydrogen) atoms. The minimum absolute atomic E-state index is 0.187. The summed E-state index contributed by atoms with van der Waals surface area (Å²) in [6, 6.07) is 22.2. The molecule has 0 radical (unpaired) electrons. The van der Waals surface area contributed by atoms with Crippen LogP contribution in [0.3, 0.4) is 0 Å². The fraction of sp³-hybridized carbons (Fsp3) is 0.214. The molecule has 3 aromatic carbocycles. The molecule has 7 heteroatoms. The first-order valence-corrected chi connectivity index (χ1v) is 11.3. The predicted molar refractivity (Wildman–Crippen MR) is 129 cm³/mol. The van der Waals surface area contributed by atoms with E-state index in [9.17, 15) is 9.59 Å². The lowest BCUT2D eigenvalue weighted by molar-refractivity contribution is -0.151. The average Bonchev–Trinajstić information content (AvgIpc) is 3.30. The predicted octanol–water partition coefficient (Wildman–Crippen LogP) is 4.84. The average molecular weight is 472 g/mol. The number of carbonyl (C=O) groups excluding carboxylic acids is 1. The number of hydrogen-bond donors (Lipinski definition) is 0. The summed E-state index contributed by atoms with van der Waals surface area (Å²) in [5.74, 6) is 0.0583. The van der Waals surface area contributed by atoms with E-state index in [1.165, 1.54) is 7.11 Å². The molecule has 2 atom stereocenters. The molecule has 0 saturated heterocycles. The number of esters is 1. The molecule has 2 heterocycles. The summed E-state index contributed by atoms with van der Waals surface area (Å²) >= 11 is 0. The zero-order valence-corrected chi connectivity index (χ0v) is 19.4. The van der Waals surface area contributed by atoms with Gasteiger partial charge in [-0.15, -0.1) is 0 Å². The first-order valence-electron chi connectivity index (χ1n) is 11.3. The molecule has 0 unspecified atom stereocenters. The number of fused-ring (bicyclic) bond motifs is 3. The molecule has 1 aliphatic rings. The molecule has 4 aromatic rings. The topological polar surface area (TPSA) is 84.2 Å². The summed E-state index contributed by atoms with van der Waals surface area (Å²) in [7, 11) is 1.54. The Bertz CT molecular complexity index is 1420. The number of methoxy groups -OCH3 is 1. The molecule has 178 valence electrons. The van der Waals surface area contributed by atoms with Crippen LogP contribution in [0.2, 0.25) is 0 Å². The first kappa shape index (κ1) is 22.5. The Morgan fingerprint density at radius 2 is 1.74 bits per heavy atom. The van der Waals surface area contributed by atoms with E-state index in [2.05, 4.69) is 0 Å². The number of rotatable bonds is 7. The van der Waals surface area contributed by atoms with Gasteiger partial charge in [-0.25, -0.2) is 9.59 Å². The van der Waals surface area contributed by atoms with Crippen molar-refractivity contribution in [3.05, 3.63) is 99.9 Å². The van der Waals surface area contributed by atoms with Crippen molar-refractivity contribution < 1.29 is 28.2 Å². The lowest BCUT2D eigenvalue weighted by Gasteiger charge is -2.19. The second kappa shape index (κ2) is 9.54. The Labute approximate surface area is 201 Å². The van der Waals surface area contributed by atoms with Gasteiger partial charge in [-0.1, -0.05) is 48.5 Å². The third-order valence-electron chi connectivity index (χ3n) is 5.96. The Hall–Kier alpha value is -4.26. The molecule has 0 fully saturated rings. The molecule has 0 N–H and O–H groups in total. The second-order valence-corrected chi connectivity index (χ2v) is 8.08. The molecule has 0 amide bonds. The number of carbonyl (C=O) groups is 1. The number of para-hydroxylation sites is 1. The minimum atomic E-state index is -1.04. The monoisotopic (exact) mass is 472 g/mol. The summed E-state index contributed by atoms with van der Waals surface area (Å²) in [6.07, 6.45) is -1.04. The van der Waals surface area contributed by atoms with E-state index in [4.69, 9.17) is 23.4 Å². The first-order chi connectivity index (χ1) is 17.1. The quantitative estimate of drug-likeness (QED) is 0.281. The van der Waals surface area contributed by atoms with Gasteiger partial charge in [-0.2, -0.15) is 0 Å². The van der Waals surface area contributed by atoms with Crippen LogP contribution in [-0.2, 0) is 16.1 Å². The standard InChI is InChI=1S/C28H24O7/c1-3-32-28(30)26-23(24-25(35-26)19-11-7-8-12-20(19)34-27(24)29)18-13-14-21(22(15-18)31-2)33-16-17-9-5-4-6-10-17/h4-15,23,26H,3,16H2,1-2H3/t23-,26+/m1/s1. The van der Waals surface area contributed by atoms with Crippen LogP contribution in [0.15, 0.2) is 82.0 Å². The maximum absolute atomic E-state index is 13.1. The summed E-state index contributed by atoms with van der Waals surface area (Å²) in [5, 5.41) is 0.619. The van der Waals surface area contributed by atoms with Crippen LogP contribution in [0.4, 0.5) is 0 Å². The Kier molecular flexibility index (Phi) is 6.14. The van der Waals surface area contributed by atoms with Crippen molar-refractivity contribution in [1.82, 2.24) is 0 Å². The number of benzene rings is 3. The van der Waals surface area contributed by atoms with Gasteiger partial charge in [0.2, 0.25) is 6.10 Å². The van der Waals surface area contributed by atoms with Gasteiger partial charge in [-0.3, -0.25) is 0 Å². The third kappa shape index (κ3) is 4.21. The fourth-order valence-corrected chi connectivity index (χ4v) is 4.36. The summed E-state index contributed by atoms with van der Waals surface area (Å²) < 4.78 is 28.5. The summed E-state index contributed by atoms with van der Waals surface area (Å²) in [4.78, 5) is 26.0. The van der Waals surface area contributed by atoms with Gasteiger partial charge in [0.05, 0.1) is 30.6 Å². The summed E-state index contributed by atoms with van der Waals surface area (Å²) in [5.41, 5.74) is 1.78. The largest absolute Gasteiger partial charge is 0.493 e. The van der Waals surface area contributed by atoms with Gasteiger partial charge in [0.15, 0.2) is 11.5 Å². The van der Waals surface area contributed by atoms with E-state index < -0.39 is 23.6 Å². The van der Waals surface area contributed by atoms with Crippen LogP contribution in [-0.4, -0.2) is 25.8 Å². The Balaban J connectivity index is 1.57. The van der Waals surface area contributed by atoms with Crippen molar-refractivity contribution in [3.8, 4) is 17.2 Å². The van der Waals surface area contributed by atoms with Gasteiger partial charge in [0.25, 0.3) is 0 Å². The molecule has 0 saturated carbocycles. The maximum atomic E-state index is 13.1. The van der Waals surface area contributed by atoms with E-state index in [1.54, 1.807) is 43.3 Å². The second-order valence-electron chi connectivity index (χ2n) is 8.08. The highest BCUT2D eigenvalue weighted by Crippen LogP contribution is 2.46. The van der Waals surface area contributed by atoms with E-state index in [-0.39, 0.29) is 12.2 Å². The van der Waals surface area contributed by atoms with Crippen LogP contribution < -0.4 is 19.8 Å². The van der Waals surface area contributed by atoms with Crippen LogP contribution in [0, 0.1) is 0 Å². The molecule has 1 aliphatic heterocycles. The van der Waals surface area contributed by atoms with Crippen molar-refractivity contribution in [1.29, 1.82) is 0 Å².